The molecule has 0 saturated carbocycles. The molecule has 1 N–H and O–H groups in total. The van der Waals surface area contributed by atoms with E-state index in [4.69, 9.17) is 4.52 Å². The third-order valence-corrected chi connectivity index (χ3v) is 3.54. The predicted molar refractivity (Wildman–Crippen MR) is 88.1 cm³/mol. The Hall–Kier alpha value is -3.09. The van der Waals surface area contributed by atoms with Gasteiger partial charge in [0.1, 0.15) is 11.6 Å². The molecule has 7 heteroatoms. The van der Waals surface area contributed by atoms with E-state index in [0.717, 1.165) is 12.1 Å². The number of hydrogen-bond acceptors (Lipinski definition) is 4. The number of carbonyl (C=O) groups excluding carboxylic acids is 1. The Bertz CT molecular complexity index is 922. The topological polar surface area (TPSA) is 68.0 Å². The largest absolute Gasteiger partial charge is 0.334 e. The molecular formula is C18H15F2N3O2. The normalized spacial score (nSPS) is 10.9. The maximum absolute atomic E-state index is 13.7. The average Bonchev–Trinajstić information content (AvgIpc) is 3.07. The number of anilines is 1. The summed E-state index contributed by atoms with van der Waals surface area (Å²) in [5.41, 5.74) is 0.557. The van der Waals surface area contributed by atoms with Crippen LogP contribution in [0.25, 0.3) is 11.5 Å². The highest BCUT2D eigenvalue weighted by Gasteiger charge is 2.19. The fraction of sp³-hybridized carbons (Fsp3) is 0.167. The summed E-state index contributed by atoms with van der Waals surface area (Å²) in [4.78, 5) is 16.8. The van der Waals surface area contributed by atoms with Crippen molar-refractivity contribution >= 4 is 11.6 Å². The molecule has 0 unspecified atom stereocenters. The van der Waals surface area contributed by atoms with E-state index in [1.807, 2.05) is 13.8 Å². The van der Waals surface area contributed by atoms with Crippen molar-refractivity contribution in [3.63, 3.8) is 0 Å². The van der Waals surface area contributed by atoms with Crippen molar-refractivity contribution in [3.8, 4) is 11.5 Å². The van der Waals surface area contributed by atoms with Crippen molar-refractivity contribution in [1.82, 2.24) is 10.1 Å². The minimum atomic E-state index is -0.856. The van der Waals surface area contributed by atoms with Crippen LogP contribution in [-0.4, -0.2) is 16.0 Å². The van der Waals surface area contributed by atoms with Crippen LogP contribution < -0.4 is 5.32 Å². The van der Waals surface area contributed by atoms with Gasteiger partial charge in [0.2, 0.25) is 0 Å². The van der Waals surface area contributed by atoms with Gasteiger partial charge in [-0.05, 0) is 24.3 Å². The molecule has 0 fully saturated rings. The Morgan fingerprint density at radius 2 is 1.92 bits per heavy atom. The number of halogens is 2. The van der Waals surface area contributed by atoms with Crippen molar-refractivity contribution in [2.45, 2.75) is 19.8 Å². The third-order valence-electron chi connectivity index (χ3n) is 3.54. The van der Waals surface area contributed by atoms with Gasteiger partial charge >= 0.3 is 0 Å². The number of nitrogens with one attached hydrogen (secondary N) is 1. The Morgan fingerprint density at radius 1 is 1.16 bits per heavy atom. The minimum Gasteiger partial charge on any atom is -0.334 e. The van der Waals surface area contributed by atoms with Crippen molar-refractivity contribution in [1.29, 1.82) is 0 Å². The molecule has 0 atom stereocenters. The Labute approximate surface area is 142 Å². The number of aromatic nitrogens is 2. The third kappa shape index (κ3) is 3.55. The lowest BCUT2D eigenvalue weighted by Gasteiger charge is -2.08. The number of rotatable bonds is 4. The smallest absolute Gasteiger partial charge is 0.258 e. The van der Waals surface area contributed by atoms with Gasteiger partial charge in [0.05, 0.1) is 16.8 Å². The molecule has 128 valence electrons. The summed E-state index contributed by atoms with van der Waals surface area (Å²) in [7, 11) is 0. The van der Waals surface area contributed by atoms with Crippen molar-refractivity contribution in [2.24, 2.45) is 0 Å². The highest BCUT2D eigenvalue weighted by molar-refractivity contribution is 6.08. The standard InChI is InChI=1S/C18H15F2N3O2/c1-10(2)16-22-18(25-23-16)13-6-4-3-5-12(13)17(24)21-15-8-7-11(19)9-14(15)20/h3-10H,1-2H3,(H,21,24). The molecule has 3 rings (SSSR count). The molecule has 0 aliphatic heterocycles. The fourth-order valence-corrected chi connectivity index (χ4v) is 2.23. The molecule has 0 aliphatic rings. The Balaban J connectivity index is 1.93. The van der Waals surface area contributed by atoms with E-state index in [9.17, 15) is 13.6 Å². The van der Waals surface area contributed by atoms with Crippen molar-refractivity contribution in [2.75, 3.05) is 5.32 Å². The van der Waals surface area contributed by atoms with Gasteiger partial charge in [0.25, 0.3) is 11.8 Å². The summed E-state index contributed by atoms with van der Waals surface area (Å²) in [6.45, 7) is 3.84. The van der Waals surface area contributed by atoms with Gasteiger partial charge in [-0.1, -0.05) is 31.1 Å². The lowest BCUT2D eigenvalue weighted by molar-refractivity contribution is 0.102. The lowest BCUT2D eigenvalue weighted by Crippen LogP contribution is -2.14. The number of benzene rings is 2. The van der Waals surface area contributed by atoms with E-state index >= 15 is 0 Å². The summed E-state index contributed by atoms with van der Waals surface area (Å²) < 4.78 is 32.0. The SMILES string of the molecule is CC(C)c1noc(-c2ccccc2C(=O)Nc2ccc(F)cc2F)n1. The van der Waals surface area contributed by atoms with Crippen LogP contribution in [0, 0.1) is 11.6 Å². The molecule has 5 nitrogen and oxygen atoms in total. The molecule has 1 amide bonds. The fourth-order valence-electron chi connectivity index (χ4n) is 2.23. The van der Waals surface area contributed by atoms with Gasteiger partial charge in [-0.2, -0.15) is 4.98 Å². The van der Waals surface area contributed by atoms with E-state index in [1.54, 1.807) is 24.3 Å². The first-order chi connectivity index (χ1) is 12.0. The maximum atomic E-state index is 13.7. The molecule has 0 spiro atoms. The van der Waals surface area contributed by atoms with Crippen LogP contribution in [0.15, 0.2) is 47.0 Å². The molecule has 1 aromatic heterocycles. The maximum Gasteiger partial charge on any atom is 0.258 e. The first kappa shape index (κ1) is 16.8. The summed E-state index contributed by atoms with van der Waals surface area (Å²) in [5.74, 6) is -1.34. The van der Waals surface area contributed by atoms with Crippen LogP contribution in [0.2, 0.25) is 0 Å². The number of nitrogens with zero attached hydrogens (tertiary/aromatic N) is 2. The molecule has 0 bridgehead atoms. The zero-order chi connectivity index (χ0) is 18.0. The molecule has 0 radical (unpaired) electrons. The highest BCUT2D eigenvalue weighted by Crippen LogP contribution is 2.25. The summed E-state index contributed by atoms with van der Waals surface area (Å²) in [5, 5.41) is 6.30. The van der Waals surface area contributed by atoms with E-state index in [-0.39, 0.29) is 23.1 Å². The number of hydrogen-bond donors (Lipinski definition) is 1. The lowest BCUT2D eigenvalue weighted by atomic mass is 10.1. The van der Waals surface area contributed by atoms with Gasteiger partial charge < -0.3 is 9.84 Å². The molecule has 2 aromatic carbocycles. The average molecular weight is 343 g/mol. The second kappa shape index (κ2) is 6.80. The van der Waals surface area contributed by atoms with Gasteiger partial charge in [-0.3, -0.25) is 4.79 Å². The predicted octanol–water partition coefficient (Wildman–Crippen LogP) is 4.39. The van der Waals surface area contributed by atoms with Crippen LogP contribution in [-0.2, 0) is 0 Å². The van der Waals surface area contributed by atoms with Crippen molar-refractivity contribution in [3.05, 3.63) is 65.5 Å². The molecule has 3 aromatic rings. The van der Waals surface area contributed by atoms with Crippen molar-refractivity contribution < 1.29 is 18.1 Å². The second-order valence-electron chi connectivity index (χ2n) is 5.74. The molecule has 25 heavy (non-hydrogen) atoms. The van der Waals surface area contributed by atoms with Crippen LogP contribution in [0.5, 0.6) is 0 Å². The monoisotopic (exact) mass is 343 g/mol. The second-order valence-corrected chi connectivity index (χ2v) is 5.74. The van der Waals surface area contributed by atoms with E-state index in [2.05, 4.69) is 15.5 Å². The van der Waals surface area contributed by atoms with E-state index in [1.165, 1.54) is 0 Å². The molecule has 0 aliphatic carbocycles. The number of carbonyl (C=O) groups is 1. The van der Waals surface area contributed by atoms with Gasteiger partial charge in [0.15, 0.2) is 5.82 Å². The van der Waals surface area contributed by atoms with E-state index < -0.39 is 17.5 Å². The Morgan fingerprint density at radius 3 is 2.60 bits per heavy atom. The highest BCUT2D eigenvalue weighted by atomic mass is 19.1. The zero-order valence-corrected chi connectivity index (χ0v) is 13.6. The zero-order valence-electron chi connectivity index (χ0n) is 13.6. The van der Waals surface area contributed by atoms with Crippen LogP contribution in [0.4, 0.5) is 14.5 Å². The van der Waals surface area contributed by atoms with Crippen LogP contribution in [0.3, 0.4) is 0 Å². The first-order valence-electron chi connectivity index (χ1n) is 7.65. The van der Waals surface area contributed by atoms with E-state index in [0.29, 0.717) is 17.5 Å². The van der Waals surface area contributed by atoms with Gasteiger partial charge in [0, 0.05) is 12.0 Å². The first-order valence-corrected chi connectivity index (χ1v) is 7.65. The van der Waals surface area contributed by atoms with Crippen LogP contribution in [0.1, 0.15) is 35.9 Å². The Kier molecular flexibility index (Phi) is 4.56. The number of amides is 1. The van der Waals surface area contributed by atoms with Crippen LogP contribution >= 0.6 is 0 Å². The summed E-state index contributed by atoms with van der Waals surface area (Å²) in [6, 6.07) is 9.54. The molecule has 1 heterocycles. The quantitative estimate of drug-likeness (QED) is 0.763. The van der Waals surface area contributed by atoms with Gasteiger partial charge in [-0.25, -0.2) is 8.78 Å². The van der Waals surface area contributed by atoms with Gasteiger partial charge in [-0.15, -0.1) is 0 Å². The minimum absolute atomic E-state index is 0.0757. The summed E-state index contributed by atoms with van der Waals surface area (Å²) >= 11 is 0. The molecule has 0 saturated heterocycles. The summed E-state index contributed by atoms with van der Waals surface area (Å²) in [6.07, 6.45) is 0. The molecular weight excluding hydrogens is 328 g/mol.